The van der Waals surface area contributed by atoms with E-state index in [1.165, 1.54) is 0 Å². The van der Waals surface area contributed by atoms with Crippen LogP contribution in [0.5, 0.6) is 0 Å². The molecule has 0 bridgehead atoms. The number of rotatable bonds is 7. The third kappa shape index (κ3) is 6.08. The van der Waals surface area contributed by atoms with Crippen molar-refractivity contribution in [2.45, 2.75) is 38.5 Å². The molecule has 2 radical (unpaired) electrons. The second-order valence-electron chi connectivity index (χ2n) is 2.78. The number of ketones is 2. The molecule has 0 aromatic heterocycles. The van der Waals surface area contributed by atoms with Crippen molar-refractivity contribution < 1.29 is 9.59 Å². The average molecular weight is 168 g/mol. The Morgan fingerprint density at radius 3 is 1.33 bits per heavy atom. The number of carbonyl (C=O) groups excluding carboxylic acids is 2. The van der Waals surface area contributed by atoms with Gasteiger partial charge in [-0.3, -0.25) is 9.59 Å². The molecule has 0 saturated carbocycles. The highest BCUT2D eigenvalue weighted by molar-refractivity contribution is 5.85. The molecule has 0 unspecified atom stereocenters. The summed E-state index contributed by atoms with van der Waals surface area (Å²) in [5.41, 5.74) is 0. The van der Waals surface area contributed by atoms with Gasteiger partial charge in [0, 0.05) is 25.7 Å². The molecule has 0 aromatic rings. The van der Waals surface area contributed by atoms with Crippen LogP contribution in [0.1, 0.15) is 38.5 Å². The smallest absolute Gasteiger partial charge is 0.133 e. The van der Waals surface area contributed by atoms with E-state index in [1.54, 1.807) is 0 Å². The minimum absolute atomic E-state index is 0.141. The molecule has 0 amide bonds. The molecule has 0 N–H and O–H groups in total. The van der Waals surface area contributed by atoms with Gasteiger partial charge in [-0.15, -0.1) is 0 Å². The van der Waals surface area contributed by atoms with Gasteiger partial charge in [0.25, 0.3) is 0 Å². The van der Waals surface area contributed by atoms with Crippen LogP contribution in [0.2, 0.25) is 0 Å². The average Bonchev–Trinajstić information content (AvgIpc) is 2.02. The lowest BCUT2D eigenvalue weighted by molar-refractivity contribution is -0.124. The normalized spacial score (nSPS) is 9.83. The minimum Gasteiger partial charge on any atom is -0.300 e. The third-order valence-corrected chi connectivity index (χ3v) is 1.59. The SMILES string of the molecule is [CH2]CCC(=O)CCC(=O)CC[CH2]. The van der Waals surface area contributed by atoms with Gasteiger partial charge in [-0.2, -0.15) is 0 Å². The van der Waals surface area contributed by atoms with Gasteiger partial charge in [-0.25, -0.2) is 0 Å². The Bertz CT molecular complexity index is 132. The molecule has 0 atom stereocenters. The molecule has 2 heteroatoms. The molecule has 68 valence electrons. The van der Waals surface area contributed by atoms with Crippen molar-refractivity contribution in [2.75, 3.05) is 0 Å². The summed E-state index contributed by atoms with van der Waals surface area (Å²) in [7, 11) is 0. The first kappa shape index (κ1) is 11.3. The number of carbonyl (C=O) groups is 2. The molecular formula is C10H16O2. The summed E-state index contributed by atoms with van der Waals surface area (Å²) in [5, 5.41) is 0. The lowest BCUT2D eigenvalue weighted by Gasteiger charge is -1.97. The predicted molar refractivity (Wildman–Crippen MR) is 48.4 cm³/mol. The highest BCUT2D eigenvalue weighted by Crippen LogP contribution is 2.01. The van der Waals surface area contributed by atoms with Crippen LogP contribution in [-0.2, 0) is 9.59 Å². The summed E-state index contributed by atoms with van der Waals surface area (Å²) >= 11 is 0. The molecule has 0 fully saturated rings. The maximum absolute atomic E-state index is 10.9. The van der Waals surface area contributed by atoms with Gasteiger partial charge in [-0.05, 0) is 12.8 Å². The summed E-state index contributed by atoms with van der Waals surface area (Å²) < 4.78 is 0. The predicted octanol–water partition coefficient (Wildman–Crippen LogP) is 2.13. The molecule has 0 rings (SSSR count). The van der Waals surface area contributed by atoms with Crippen LogP contribution in [0.25, 0.3) is 0 Å². The van der Waals surface area contributed by atoms with Gasteiger partial charge in [-0.1, -0.05) is 13.8 Å². The van der Waals surface area contributed by atoms with Crippen molar-refractivity contribution in [1.82, 2.24) is 0 Å². The van der Waals surface area contributed by atoms with Crippen LogP contribution < -0.4 is 0 Å². The van der Waals surface area contributed by atoms with Crippen molar-refractivity contribution in [3.05, 3.63) is 13.8 Å². The molecule has 0 heterocycles. The van der Waals surface area contributed by atoms with Crippen molar-refractivity contribution in [1.29, 1.82) is 0 Å². The molecule has 0 spiro atoms. The van der Waals surface area contributed by atoms with Crippen molar-refractivity contribution in [2.24, 2.45) is 0 Å². The maximum atomic E-state index is 10.9. The Labute approximate surface area is 74.3 Å². The van der Waals surface area contributed by atoms with E-state index in [0.29, 0.717) is 38.5 Å². The highest BCUT2D eigenvalue weighted by Gasteiger charge is 2.04. The Hall–Kier alpha value is -0.660. The van der Waals surface area contributed by atoms with Gasteiger partial charge >= 0.3 is 0 Å². The lowest BCUT2D eigenvalue weighted by atomic mass is 10.1. The summed E-state index contributed by atoms with van der Waals surface area (Å²) in [6.45, 7) is 7.15. The molecule has 0 aromatic carbocycles. The molecule has 0 saturated heterocycles. The Balaban J connectivity index is 3.40. The molecule has 0 aliphatic carbocycles. The fourth-order valence-electron chi connectivity index (χ4n) is 0.923. The number of Topliss-reactive ketones (excluding diaryl/α,β-unsaturated/α-hetero) is 2. The quantitative estimate of drug-likeness (QED) is 0.583. The topological polar surface area (TPSA) is 34.1 Å². The zero-order valence-corrected chi connectivity index (χ0v) is 7.47. The first-order chi connectivity index (χ1) is 5.70. The zero-order valence-electron chi connectivity index (χ0n) is 7.47. The van der Waals surface area contributed by atoms with Crippen LogP contribution >= 0.6 is 0 Å². The molecule has 0 aliphatic rings. The fraction of sp³-hybridized carbons (Fsp3) is 0.600. The van der Waals surface area contributed by atoms with Gasteiger partial charge in [0.15, 0.2) is 0 Å². The van der Waals surface area contributed by atoms with Crippen LogP contribution in [0.3, 0.4) is 0 Å². The van der Waals surface area contributed by atoms with E-state index in [1.807, 2.05) is 0 Å². The number of hydrogen-bond acceptors (Lipinski definition) is 2. The van der Waals surface area contributed by atoms with E-state index >= 15 is 0 Å². The first-order valence-electron chi connectivity index (χ1n) is 4.32. The largest absolute Gasteiger partial charge is 0.300 e. The lowest BCUT2D eigenvalue weighted by Crippen LogP contribution is -2.03. The molecule has 12 heavy (non-hydrogen) atoms. The van der Waals surface area contributed by atoms with Crippen LogP contribution in [0.4, 0.5) is 0 Å². The second kappa shape index (κ2) is 7.01. The van der Waals surface area contributed by atoms with Crippen molar-refractivity contribution in [3.63, 3.8) is 0 Å². The van der Waals surface area contributed by atoms with Gasteiger partial charge in [0.05, 0.1) is 0 Å². The molecular weight excluding hydrogens is 152 g/mol. The van der Waals surface area contributed by atoms with E-state index in [0.717, 1.165) is 0 Å². The maximum Gasteiger partial charge on any atom is 0.133 e. The molecule has 0 aliphatic heterocycles. The van der Waals surface area contributed by atoms with Gasteiger partial charge in [0.1, 0.15) is 11.6 Å². The van der Waals surface area contributed by atoms with E-state index in [-0.39, 0.29) is 11.6 Å². The second-order valence-corrected chi connectivity index (χ2v) is 2.78. The Morgan fingerprint density at radius 2 is 1.08 bits per heavy atom. The van der Waals surface area contributed by atoms with E-state index in [4.69, 9.17) is 0 Å². The highest BCUT2D eigenvalue weighted by atomic mass is 16.1. The minimum atomic E-state index is 0.141. The van der Waals surface area contributed by atoms with E-state index < -0.39 is 0 Å². The Kier molecular flexibility index (Phi) is 6.63. The van der Waals surface area contributed by atoms with E-state index in [2.05, 4.69) is 13.8 Å². The van der Waals surface area contributed by atoms with E-state index in [9.17, 15) is 9.59 Å². The Morgan fingerprint density at radius 1 is 0.750 bits per heavy atom. The summed E-state index contributed by atoms with van der Waals surface area (Å²) in [6, 6.07) is 0. The molecule has 2 nitrogen and oxygen atoms in total. The summed E-state index contributed by atoms with van der Waals surface area (Å²) in [6.07, 6.45) is 3.02. The van der Waals surface area contributed by atoms with Crippen molar-refractivity contribution >= 4 is 11.6 Å². The number of hydrogen-bond donors (Lipinski definition) is 0. The third-order valence-electron chi connectivity index (χ3n) is 1.59. The van der Waals surface area contributed by atoms with Gasteiger partial charge in [0.2, 0.25) is 0 Å². The van der Waals surface area contributed by atoms with Crippen LogP contribution in [0, 0.1) is 13.8 Å². The standard InChI is InChI=1S/C10H16O2/c1-3-5-9(11)7-8-10(12)6-4-2/h1-8H2. The van der Waals surface area contributed by atoms with Gasteiger partial charge < -0.3 is 0 Å². The first-order valence-corrected chi connectivity index (χ1v) is 4.32. The van der Waals surface area contributed by atoms with Crippen molar-refractivity contribution in [3.8, 4) is 0 Å². The van der Waals surface area contributed by atoms with Crippen LogP contribution in [0.15, 0.2) is 0 Å². The fourth-order valence-corrected chi connectivity index (χ4v) is 0.923. The zero-order chi connectivity index (χ0) is 9.40. The van der Waals surface area contributed by atoms with Crippen LogP contribution in [-0.4, -0.2) is 11.6 Å². The monoisotopic (exact) mass is 168 g/mol. The summed E-state index contributed by atoms with van der Waals surface area (Å²) in [4.78, 5) is 21.9. The summed E-state index contributed by atoms with van der Waals surface area (Å²) in [5.74, 6) is 0.282.